The average molecular weight is 407 g/mol. The van der Waals surface area contributed by atoms with Gasteiger partial charge in [0, 0.05) is 11.3 Å². The molecule has 28 heavy (non-hydrogen) atoms. The van der Waals surface area contributed by atoms with Crippen molar-refractivity contribution in [2.24, 2.45) is 0 Å². The van der Waals surface area contributed by atoms with Crippen LogP contribution in [0.15, 0.2) is 41.3 Å². The first-order chi connectivity index (χ1) is 13.3. The number of aryl methyl sites for hydroxylation is 1. The minimum atomic E-state index is -4.40. The number of nitrogens with one attached hydrogen (secondary N) is 2. The summed E-state index contributed by atoms with van der Waals surface area (Å²) >= 11 is 0. The van der Waals surface area contributed by atoms with Crippen molar-refractivity contribution in [3.8, 4) is 22.6 Å². The smallest absolute Gasteiger partial charge is 0.266 e. The van der Waals surface area contributed by atoms with E-state index in [1.807, 2.05) is 0 Å². The van der Waals surface area contributed by atoms with Gasteiger partial charge in [0.1, 0.15) is 29.7 Å². The third-order valence-corrected chi connectivity index (χ3v) is 5.55. The summed E-state index contributed by atoms with van der Waals surface area (Å²) in [6, 6.07) is 7.34. The van der Waals surface area contributed by atoms with Gasteiger partial charge in [-0.05, 0) is 42.8 Å². The molecule has 146 valence electrons. The monoisotopic (exact) mass is 407 g/mol. The van der Waals surface area contributed by atoms with Gasteiger partial charge < -0.3 is 9.47 Å². The second kappa shape index (κ2) is 6.79. The van der Waals surface area contributed by atoms with Gasteiger partial charge >= 0.3 is 0 Å². The molecule has 0 fully saturated rings. The lowest BCUT2D eigenvalue weighted by atomic mass is 10.1. The summed E-state index contributed by atoms with van der Waals surface area (Å²) in [5.41, 5.74) is 1.65. The summed E-state index contributed by atoms with van der Waals surface area (Å²) in [7, 11) is -4.40. The highest BCUT2D eigenvalue weighted by molar-refractivity contribution is 7.92. The number of aromatic amines is 1. The number of halogens is 2. The van der Waals surface area contributed by atoms with Crippen LogP contribution in [0.2, 0.25) is 0 Å². The zero-order chi connectivity index (χ0) is 19.9. The molecule has 2 heterocycles. The fraction of sp³-hybridized carbons (Fsp3) is 0.167. The number of nitrogens with zero attached hydrogens (tertiary/aromatic N) is 1. The van der Waals surface area contributed by atoms with Crippen LogP contribution in [0.1, 0.15) is 5.69 Å². The normalized spacial score (nSPS) is 13.4. The molecule has 10 heteroatoms. The van der Waals surface area contributed by atoms with Crippen molar-refractivity contribution in [1.29, 1.82) is 0 Å². The number of rotatable bonds is 4. The van der Waals surface area contributed by atoms with Gasteiger partial charge in [0.05, 0.1) is 0 Å². The molecule has 7 nitrogen and oxygen atoms in total. The van der Waals surface area contributed by atoms with E-state index in [4.69, 9.17) is 9.47 Å². The van der Waals surface area contributed by atoms with Gasteiger partial charge in [-0.2, -0.15) is 5.10 Å². The Bertz CT molecular complexity index is 1160. The predicted molar refractivity (Wildman–Crippen MR) is 96.9 cm³/mol. The summed E-state index contributed by atoms with van der Waals surface area (Å²) in [6.07, 6.45) is 0. The largest absolute Gasteiger partial charge is 0.486 e. The molecule has 0 radical (unpaired) electrons. The van der Waals surface area contributed by atoms with Crippen molar-refractivity contribution >= 4 is 15.8 Å². The van der Waals surface area contributed by atoms with Crippen molar-refractivity contribution in [2.45, 2.75) is 11.8 Å². The quantitative estimate of drug-likeness (QED) is 0.693. The van der Waals surface area contributed by atoms with Crippen LogP contribution in [0.25, 0.3) is 11.1 Å². The van der Waals surface area contributed by atoms with E-state index in [0.717, 1.165) is 12.1 Å². The maximum Gasteiger partial charge on any atom is 0.266 e. The average Bonchev–Trinajstić information content (AvgIpc) is 3.02. The third-order valence-electron chi connectivity index (χ3n) is 4.19. The van der Waals surface area contributed by atoms with E-state index in [2.05, 4.69) is 14.9 Å². The SMILES string of the molecule is Cc1[nH]nc(NS(=O)(=O)c2cc(F)ccc2F)c1-c1ccc2c(c1)OCCO2. The molecule has 0 unspecified atom stereocenters. The molecule has 0 saturated carbocycles. The van der Waals surface area contributed by atoms with Crippen molar-refractivity contribution in [2.75, 3.05) is 17.9 Å². The molecular formula is C18H15F2N3O4S. The zero-order valence-electron chi connectivity index (χ0n) is 14.6. The second-order valence-electron chi connectivity index (χ2n) is 6.11. The van der Waals surface area contributed by atoms with Gasteiger partial charge in [-0.1, -0.05) is 6.07 Å². The van der Waals surface area contributed by atoms with Crippen LogP contribution < -0.4 is 14.2 Å². The van der Waals surface area contributed by atoms with Crippen molar-refractivity contribution in [3.63, 3.8) is 0 Å². The molecule has 0 amide bonds. The molecule has 0 saturated heterocycles. The van der Waals surface area contributed by atoms with E-state index >= 15 is 0 Å². The Morgan fingerprint density at radius 3 is 2.61 bits per heavy atom. The minimum Gasteiger partial charge on any atom is -0.486 e. The molecule has 2 aromatic carbocycles. The van der Waals surface area contributed by atoms with Gasteiger partial charge in [0.25, 0.3) is 10.0 Å². The fourth-order valence-electron chi connectivity index (χ4n) is 2.92. The summed E-state index contributed by atoms with van der Waals surface area (Å²) in [4.78, 5) is -0.804. The number of aromatic nitrogens is 2. The van der Waals surface area contributed by atoms with Crippen molar-refractivity contribution in [3.05, 3.63) is 53.7 Å². The van der Waals surface area contributed by atoms with E-state index in [0.29, 0.717) is 47.6 Å². The highest BCUT2D eigenvalue weighted by Crippen LogP contribution is 2.38. The lowest BCUT2D eigenvalue weighted by Crippen LogP contribution is -2.16. The number of hydrogen-bond donors (Lipinski definition) is 2. The molecule has 1 aliphatic heterocycles. The molecule has 2 N–H and O–H groups in total. The predicted octanol–water partition coefficient (Wildman–Crippen LogP) is 3.24. The topological polar surface area (TPSA) is 93.3 Å². The Kier molecular flexibility index (Phi) is 4.42. The summed E-state index contributed by atoms with van der Waals surface area (Å²) in [5, 5.41) is 6.66. The number of sulfonamides is 1. The first-order valence-corrected chi connectivity index (χ1v) is 9.76. The van der Waals surface area contributed by atoms with Gasteiger partial charge in [-0.15, -0.1) is 0 Å². The molecule has 0 aliphatic carbocycles. The molecule has 0 bridgehead atoms. The van der Waals surface area contributed by atoms with Crippen LogP contribution in [0, 0.1) is 18.6 Å². The van der Waals surface area contributed by atoms with Gasteiger partial charge in [-0.25, -0.2) is 17.2 Å². The Morgan fingerprint density at radius 2 is 1.82 bits per heavy atom. The number of H-pyrrole nitrogens is 1. The summed E-state index contributed by atoms with van der Waals surface area (Å²) in [5.74, 6) is -0.874. The standard InChI is InChI=1S/C18H15F2N3O4S/c1-10-17(11-2-5-14-15(8-11)27-7-6-26-14)18(22-21-10)23-28(24,25)16-9-12(19)3-4-13(16)20/h2-5,8-9H,6-7H2,1H3,(H2,21,22,23). The van der Waals surface area contributed by atoms with Crippen LogP contribution in [0.3, 0.4) is 0 Å². The van der Waals surface area contributed by atoms with Crippen molar-refractivity contribution in [1.82, 2.24) is 10.2 Å². The molecule has 1 aliphatic rings. The zero-order valence-corrected chi connectivity index (χ0v) is 15.4. The third kappa shape index (κ3) is 3.26. The van der Waals surface area contributed by atoms with Gasteiger partial charge in [0.2, 0.25) is 0 Å². The van der Waals surface area contributed by atoms with Crippen molar-refractivity contribution < 1.29 is 26.7 Å². The number of ether oxygens (including phenoxy) is 2. The maximum absolute atomic E-state index is 13.9. The summed E-state index contributed by atoms with van der Waals surface area (Å²) < 4.78 is 65.8. The van der Waals surface area contributed by atoms with E-state index < -0.39 is 26.6 Å². The second-order valence-corrected chi connectivity index (χ2v) is 7.76. The lowest BCUT2D eigenvalue weighted by molar-refractivity contribution is 0.171. The van der Waals surface area contributed by atoms with E-state index in [9.17, 15) is 17.2 Å². The molecule has 4 rings (SSSR count). The van der Waals surface area contributed by atoms with E-state index in [-0.39, 0.29) is 5.82 Å². The summed E-state index contributed by atoms with van der Waals surface area (Å²) in [6.45, 7) is 2.56. The Labute approximate surface area is 159 Å². The van der Waals surface area contributed by atoms with E-state index in [1.165, 1.54) is 0 Å². The van der Waals surface area contributed by atoms with Crippen LogP contribution >= 0.6 is 0 Å². The Balaban J connectivity index is 1.74. The Hall–Kier alpha value is -3.14. The first-order valence-electron chi connectivity index (χ1n) is 8.28. The van der Waals surface area contributed by atoms with Gasteiger partial charge in [-0.3, -0.25) is 9.82 Å². The number of fused-ring (bicyclic) bond motifs is 1. The lowest BCUT2D eigenvalue weighted by Gasteiger charge is -2.19. The highest BCUT2D eigenvalue weighted by Gasteiger charge is 2.24. The minimum absolute atomic E-state index is 0.0437. The number of anilines is 1. The van der Waals surface area contributed by atoms with Crippen LogP contribution in [-0.4, -0.2) is 31.8 Å². The fourth-order valence-corrected chi connectivity index (χ4v) is 4.03. The van der Waals surface area contributed by atoms with Crippen LogP contribution in [0.5, 0.6) is 11.5 Å². The molecule has 1 aromatic heterocycles. The van der Waals surface area contributed by atoms with Crippen LogP contribution in [-0.2, 0) is 10.0 Å². The van der Waals surface area contributed by atoms with Gasteiger partial charge in [0.15, 0.2) is 17.3 Å². The first kappa shape index (κ1) is 18.2. The molecular weight excluding hydrogens is 392 g/mol. The molecule has 0 spiro atoms. The van der Waals surface area contributed by atoms with Crippen LogP contribution in [0.4, 0.5) is 14.6 Å². The molecule has 0 atom stereocenters. The molecule has 3 aromatic rings. The highest BCUT2D eigenvalue weighted by atomic mass is 32.2. The number of hydrogen-bond acceptors (Lipinski definition) is 5. The van der Waals surface area contributed by atoms with E-state index in [1.54, 1.807) is 25.1 Å². The maximum atomic E-state index is 13.9. The number of benzene rings is 2. The Morgan fingerprint density at radius 1 is 1.07 bits per heavy atom.